The second-order valence-electron chi connectivity index (χ2n) is 4.85. The maximum Gasteiger partial charge on any atom is 0.250 e. The van der Waals surface area contributed by atoms with Crippen molar-refractivity contribution in [1.82, 2.24) is 29.5 Å². The summed E-state index contributed by atoms with van der Waals surface area (Å²) in [5.74, 6) is 0.450. The number of hydrogen-bond acceptors (Lipinski definition) is 5. The predicted octanol–water partition coefficient (Wildman–Crippen LogP) is 1.49. The van der Waals surface area contributed by atoms with Gasteiger partial charge in [0.25, 0.3) is 5.95 Å². The lowest BCUT2D eigenvalue weighted by atomic mass is 10.2. The molecule has 0 saturated carbocycles. The summed E-state index contributed by atoms with van der Waals surface area (Å²) in [5, 5.41) is 8.52. The number of carbonyl (C=O) groups excluding carboxylic acids is 1. The Morgan fingerprint density at radius 2 is 1.86 bits per heavy atom. The van der Waals surface area contributed by atoms with Gasteiger partial charge in [0.05, 0.1) is 11.8 Å². The Morgan fingerprint density at radius 3 is 2.43 bits per heavy atom. The molecule has 21 heavy (non-hydrogen) atoms. The van der Waals surface area contributed by atoms with Crippen LogP contribution in [0, 0.1) is 13.8 Å². The molecule has 106 valence electrons. The highest BCUT2D eigenvalue weighted by atomic mass is 16.1. The summed E-state index contributed by atoms with van der Waals surface area (Å²) >= 11 is 0. The van der Waals surface area contributed by atoms with Gasteiger partial charge in [-0.25, -0.2) is 14.6 Å². The summed E-state index contributed by atoms with van der Waals surface area (Å²) < 4.78 is 3.18. The van der Waals surface area contributed by atoms with Gasteiger partial charge in [0.15, 0.2) is 6.29 Å². The molecule has 0 fully saturated rings. The maximum absolute atomic E-state index is 11.3. The number of aldehydes is 1. The summed E-state index contributed by atoms with van der Waals surface area (Å²) in [7, 11) is 1.81. The quantitative estimate of drug-likeness (QED) is 0.680. The summed E-state index contributed by atoms with van der Waals surface area (Å²) in [5.41, 5.74) is 3.53. The monoisotopic (exact) mass is 282 g/mol. The molecule has 0 spiro atoms. The Labute approximate surface area is 121 Å². The van der Waals surface area contributed by atoms with Crippen molar-refractivity contribution in [3.8, 4) is 17.2 Å². The first-order valence-electron chi connectivity index (χ1n) is 6.43. The maximum atomic E-state index is 11.3. The molecule has 0 aliphatic heterocycles. The summed E-state index contributed by atoms with van der Waals surface area (Å²) in [6, 6.07) is 1.88. The highest BCUT2D eigenvalue weighted by Gasteiger charge is 2.14. The fourth-order valence-corrected chi connectivity index (χ4v) is 2.15. The lowest BCUT2D eigenvalue weighted by molar-refractivity contribution is 0.112. The zero-order valence-electron chi connectivity index (χ0n) is 12.0. The Hall–Kier alpha value is -2.83. The minimum Gasteiger partial charge on any atom is -0.298 e. The zero-order chi connectivity index (χ0) is 15.0. The van der Waals surface area contributed by atoms with Crippen LogP contribution in [0.3, 0.4) is 0 Å². The number of aromatic nitrogens is 6. The lowest BCUT2D eigenvalue weighted by Gasteiger charge is -2.02. The second-order valence-corrected chi connectivity index (χ2v) is 4.85. The lowest BCUT2D eigenvalue weighted by Crippen LogP contribution is -2.04. The average molecular weight is 282 g/mol. The van der Waals surface area contributed by atoms with Crippen molar-refractivity contribution in [3.63, 3.8) is 0 Å². The molecule has 0 unspecified atom stereocenters. The average Bonchev–Trinajstić information content (AvgIpc) is 3.03. The number of aryl methyl sites for hydroxylation is 3. The van der Waals surface area contributed by atoms with Crippen LogP contribution in [0.5, 0.6) is 0 Å². The van der Waals surface area contributed by atoms with E-state index in [1.807, 2.05) is 33.2 Å². The fraction of sp³-hybridized carbons (Fsp3) is 0.214. The van der Waals surface area contributed by atoms with Gasteiger partial charge in [-0.1, -0.05) is 0 Å². The Bertz CT molecular complexity index is 796. The molecular weight excluding hydrogens is 268 g/mol. The van der Waals surface area contributed by atoms with Crippen LogP contribution < -0.4 is 0 Å². The molecule has 0 amide bonds. The van der Waals surface area contributed by atoms with Gasteiger partial charge >= 0.3 is 0 Å². The number of nitrogens with zero attached hydrogens (tertiary/aromatic N) is 6. The van der Waals surface area contributed by atoms with Gasteiger partial charge in [0, 0.05) is 36.4 Å². The van der Waals surface area contributed by atoms with Gasteiger partial charge in [0.1, 0.15) is 5.69 Å². The van der Waals surface area contributed by atoms with Crippen LogP contribution in [0.2, 0.25) is 0 Å². The Morgan fingerprint density at radius 1 is 1.14 bits per heavy atom. The molecule has 0 radical (unpaired) electrons. The summed E-state index contributed by atoms with van der Waals surface area (Å²) in [6.45, 7) is 3.79. The topological polar surface area (TPSA) is 78.5 Å². The van der Waals surface area contributed by atoms with E-state index < -0.39 is 0 Å². The van der Waals surface area contributed by atoms with Crippen molar-refractivity contribution in [1.29, 1.82) is 0 Å². The molecule has 3 aromatic rings. The van der Waals surface area contributed by atoms with Gasteiger partial charge in [-0.3, -0.25) is 9.48 Å². The normalized spacial score (nSPS) is 10.8. The van der Waals surface area contributed by atoms with Crippen molar-refractivity contribution in [2.75, 3.05) is 0 Å². The molecule has 0 saturated heterocycles. The number of rotatable bonds is 3. The Balaban J connectivity index is 2.13. The van der Waals surface area contributed by atoms with Crippen LogP contribution in [0.4, 0.5) is 0 Å². The molecule has 3 heterocycles. The first-order chi connectivity index (χ1) is 10.1. The fourth-order valence-electron chi connectivity index (χ4n) is 2.15. The molecule has 0 aliphatic rings. The van der Waals surface area contributed by atoms with E-state index in [9.17, 15) is 4.79 Å². The van der Waals surface area contributed by atoms with E-state index in [-0.39, 0.29) is 0 Å². The van der Waals surface area contributed by atoms with Crippen molar-refractivity contribution in [2.24, 2.45) is 7.05 Å². The molecule has 7 nitrogen and oxygen atoms in total. The molecule has 0 aliphatic carbocycles. The van der Waals surface area contributed by atoms with E-state index >= 15 is 0 Å². The van der Waals surface area contributed by atoms with Crippen LogP contribution in [-0.4, -0.2) is 35.8 Å². The number of carbonyl (C=O) groups is 1. The molecule has 0 aromatic carbocycles. The van der Waals surface area contributed by atoms with E-state index in [0.717, 1.165) is 23.2 Å². The molecule has 7 heteroatoms. The Kier molecular flexibility index (Phi) is 3.09. The van der Waals surface area contributed by atoms with Crippen molar-refractivity contribution >= 4 is 6.29 Å². The second kappa shape index (κ2) is 4.93. The van der Waals surface area contributed by atoms with Gasteiger partial charge in [-0.05, 0) is 19.9 Å². The molecular formula is C14H14N6O. The van der Waals surface area contributed by atoms with Crippen LogP contribution in [-0.2, 0) is 7.05 Å². The molecule has 3 rings (SSSR count). The van der Waals surface area contributed by atoms with E-state index in [0.29, 0.717) is 17.2 Å². The largest absolute Gasteiger partial charge is 0.298 e. The van der Waals surface area contributed by atoms with Gasteiger partial charge in [-0.2, -0.15) is 10.2 Å². The van der Waals surface area contributed by atoms with Gasteiger partial charge in [0.2, 0.25) is 0 Å². The summed E-state index contributed by atoms with van der Waals surface area (Å²) in [6.07, 6.45) is 5.88. The predicted molar refractivity (Wildman–Crippen MR) is 76.2 cm³/mol. The standard InChI is InChI=1S/C14H14N6O/c1-9-4-10(2)17-14(16-9)20-7-12(8-21)13(18-20)11-5-15-19(3)6-11/h4-8H,1-3H3. The van der Waals surface area contributed by atoms with Crippen LogP contribution >= 0.6 is 0 Å². The van der Waals surface area contributed by atoms with Gasteiger partial charge in [-0.15, -0.1) is 0 Å². The third-order valence-electron chi connectivity index (χ3n) is 3.02. The van der Waals surface area contributed by atoms with Crippen molar-refractivity contribution < 1.29 is 4.79 Å². The first kappa shape index (κ1) is 13.2. The van der Waals surface area contributed by atoms with E-state index in [1.54, 1.807) is 17.1 Å². The number of hydrogen-bond donors (Lipinski definition) is 0. The smallest absolute Gasteiger partial charge is 0.250 e. The van der Waals surface area contributed by atoms with Crippen LogP contribution in [0.15, 0.2) is 24.7 Å². The third-order valence-corrected chi connectivity index (χ3v) is 3.02. The first-order valence-corrected chi connectivity index (χ1v) is 6.43. The van der Waals surface area contributed by atoms with Crippen LogP contribution in [0.1, 0.15) is 21.7 Å². The van der Waals surface area contributed by atoms with Crippen LogP contribution in [0.25, 0.3) is 17.2 Å². The molecule has 0 bridgehead atoms. The summed E-state index contributed by atoms with van der Waals surface area (Å²) in [4.78, 5) is 20.0. The van der Waals surface area contributed by atoms with Crippen molar-refractivity contribution in [2.45, 2.75) is 13.8 Å². The molecule has 0 N–H and O–H groups in total. The highest BCUT2D eigenvalue weighted by Crippen LogP contribution is 2.21. The molecule has 3 aromatic heterocycles. The third kappa shape index (κ3) is 2.45. The van der Waals surface area contributed by atoms with E-state index in [1.165, 1.54) is 4.68 Å². The minimum absolute atomic E-state index is 0.450. The van der Waals surface area contributed by atoms with E-state index in [4.69, 9.17) is 0 Å². The van der Waals surface area contributed by atoms with Crippen molar-refractivity contribution in [3.05, 3.63) is 41.6 Å². The molecule has 0 atom stereocenters. The zero-order valence-corrected chi connectivity index (χ0v) is 12.0. The van der Waals surface area contributed by atoms with Gasteiger partial charge < -0.3 is 0 Å². The van der Waals surface area contributed by atoms with E-state index in [2.05, 4.69) is 20.2 Å². The highest BCUT2D eigenvalue weighted by molar-refractivity contribution is 5.85. The minimum atomic E-state index is 0.450. The SMILES string of the molecule is Cc1cc(C)nc(-n2cc(C=O)c(-c3cnn(C)c3)n2)n1.